The molecule has 1 heterocycles. The third-order valence-electron chi connectivity index (χ3n) is 1.38. The van der Waals surface area contributed by atoms with E-state index >= 15 is 0 Å². The molecular formula is C7H16O4. The lowest BCUT2D eigenvalue weighted by molar-refractivity contribution is -0.107. The van der Waals surface area contributed by atoms with E-state index in [2.05, 4.69) is 4.74 Å². The highest BCUT2D eigenvalue weighted by Gasteiger charge is 2.31. The van der Waals surface area contributed by atoms with Crippen molar-refractivity contribution in [1.29, 1.82) is 0 Å². The van der Waals surface area contributed by atoms with Gasteiger partial charge in [0.1, 0.15) is 6.10 Å². The number of aliphatic hydroxyl groups is 3. The number of hydrogen-bond acceptors (Lipinski definition) is 4. The summed E-state index contributed by atoms with van der Waals surface area (Å²) >= 11 is 0. The van der Waals surface area contributed by atoms with E-state index in [1.165, 1.54) is 0 Å². The monoisotopic (exact) mass is 164 g/mol. The molecule has 0 aromatic heterocycles. The highest BCUT2D eigenvalue weighted by molar-refractivity contribution is 4.75. The Bertz CT molecular complexity index is 96.4. The quantitative estimate of drug-likeness (QED) is 0.487. The van der Waals surface area contributed by atoms with Crippen LogP contribution in [0.4, 0.5) is 0 Å². The maximum atomic E-state index is 8.91. The van der Waals surface area contributed by atoms with Crippen molar-refractivity contribution >= 4 is 0 Å². The topological polar surface area (TPSA) is 69.9 Å². The molecule has 0 aromatic rings. The molecule has 11 heavy (non-hydrogen) atoms. The number of aliphatic hydroxyl groups excluding tert-OH is 3. The fourth-order valence-corrected chi connectivity index (χ4v) is 0.871. The van der Waals surface area contributed by atoms with Crippen LogP contribution in [0.5, 0.6) is 0 Å². The van der Waals surface area contributed by atoms with E-state index in [1.54, 1.807) is 0 Å². The van der Waals surface area contributed by atoms with Crippen LogP contribution in [0, 0.1) is 0 Å². The minimum absolute atomic E-state index is 0.200. The average Bonchev–Trinajstić information content (AvgIpc) is 2.33. The van der Waals surface area contributed by atoms with Crippen molar-refractivity contribution < 1.29 is 20.1 Å². The molecule has 3 atom stereocenters. The van der Waals surface area contributed by atoms with E-state index in [0.717, 1.165) is 0 Å². The van der Waals surface area contributed by atoms with Gasteiger partial charge in [-0.3, -0.25) is 0 Å². The standard InChI is InChI=1S/C5H10O4.C2H6/c6-2-4-3(7)1-5(8)9-4;1-2/h3-8H,1-2H2;1-2H3. The van der Waals surface area contributed by atoms with Gasteiger partial charge in [-0.2, -0.15) is 0 Å². The molecule has 3 unspecified atom stereocenters. The van der Waals surface area contributed by atoms with Gasteiger partial charge in [0.15, 0.2) is 6.29 Å². The Morgan fingerprint density at radius 2 is 1.91 bits per heavy atom. The van der Waals surface area contributed by atoms with Crippen LogP contribution in [0.3, 0.4) is 0 Å². The van der Waals surface area contributed by atoms with Crippen molar-refractivity contribution in [2.45, 2.75) is 38.8 Å². The second kappa shape index (κ2) is 5.49. The van der Waals surface area contributed by atoms with Crippen molar-refractivity contribution in [3.63, 3.8) is 0 Å². The Labute approximate surface area is 66.4 Å². The lowest BCUT2D eigenvalue weighted by atomic mass is 10.2. The number of ether oxygens (including phenoxy) is 1. The van der Waals surface area contributed by atoms with E-state index in [4.69, 9.17) is 15.3 Å². The van der Waals surface area contributed by atoms with Gasteiger partial charge in [0, 0.05) is 6.42 Å². The summed E-state index contributed by atoms with van der Waals surface area (Å²) in [4.78, 5) is 0. The number of rotatable bonds is 1. The minimum atomic E-state index is -0.905. The van der Waals surface area contributed by atoms with Gasteiger partial charge in [0.2, 0.25) is 0 Å². The minimum Gasteiger partial charge on any atom is -0.394 e. The Morgan fingerprint density at radius 1 is 1.36 bits per heavy atom. The lowest BCUT2D eigenvalue weighted by Crippen LogP contribution is -2.24. The SMILES string of the molecule is CC.OCC1OC(O)CC1O. The van der Waals surface area contributed by atoms with Gasteiger partial charge in [0.05, 0.1) is 12.7 Å². The predicted octanol–water partition coefficient (Wildman–Crippen LogP) is -0.527. The first-order valence-corrected chi connectivity index (χ1v) is 3.86. The molecular weight excluding hydrogens is 148 g/mol. The molecule has 0 aliphatic carbocycles. The second-order valence-corrected chi connectivity index (χ2v) is 2.11. The fourth-order valence-electron chi connectivity index (χ4n) is 0.871. The average molecular weight is 164 g/mol. The van der Waals surface area contributed by atoms with E-state index in [-0.39, 0.29) is 13.0 Å². The van der Waals surface area contributed by atoms with Crippen LogP contribution in [-0.4, -0.2) is 40.4 Å². The van der Waals surface area contributed by atoms with Crippen LogP contribution < -0.4 is 0 Å². The van der Waals surface area contributed by atoms with Gasteiger partial charge in [-0.05, 0) is 0 Å². The van der Waals surface area contributed by atoms with E-state index in [1.807, 2.05) is 13.8 Å². The van der Waals surface area contributed by atoms with Gasteiger partial charge in [-0.15, -0.1) is 0 Å². The summed E-state index contributed by atoms with van der Waals surface area (Å²) in [7, 11) is 0. The summed E-state index contributed by atoms with van der Waals surface area (Å²) < 4.78 is 4.68. The van der Waals surface area contributed by atoms with Gasteiger partial charge < -0.3 is 20.1 Å². The summed E-state index contributed by atoms with van der Waals surface area (Å²) in [6, 6.07) is 0. The molecule has 0 saturated carbocycles. The second-order valence-electron chi connectivity index (χ2n) is 2.11. The van der Waals surface area contributed by atoms with Crippen LogP contribution in [0.1, 0.15) is 20.3 Å². The van der Waals surface area contributed by atoms with E-state index < -0.39 is 18.5 Å². The molecule has 0 spiro atoms. The summed E-state index contributed by atoms with van der Waals surface area (Å²) in [6.07, 6.45) is -2.02. The smallest absolute Gasteiger partial charge is 0.157 e. The fraction of sp³-hybridized carbons (Fsp3) is 1.00. The largest absolute Gasteiger partial charge is 0.394 e. The van der Waals surface area contributed by atoms with Gasteiger partial charge in [-0.25, -0.2) is 0 Å². The normalized spacial score (nSPS) is 36.3. The van der Waals surface area contributed by atoms with Gasteiger partial charge >= 0.3 is 0 Å². The Morgan fingerprint density at radius 3 is 2.09 bits per heavy atom. The number of hydrogen-bond donors (Lipinski definition) is 3. The van der Waals surface area contributed by atoms with Crippen LogP contribution >= 0.6 is 0 Å². The zero-order chi connectivity index (χ0) is 8.85. The summed E-state index contributed by atoms with van der Waals surface area (Å²) in [5, 5.41) is 26.1. The molecule has 0 bridgehead atoms. The van der Waals surface area contributed by atoms with E-state index in [9.17, 15) is 0 Å². The molecule has 4 nitrogen and oxygen atoms in total. The third kappa shape index (κ3) is 3.16. The third-order valence-corrected chi connectivity index (χ3v) is 1.38. The molecule has 0 radical (unpaired) electrons. The van der Waals surface area contributed by atoms with Crippen LogP contribution in [-0.2, 0) is 4.74 Å². The molecule has 3 N–H and O–H groups in total. The Hall–Kier alpha value is -0.160. The van der Waals surface area contributed by atoms with Crippen molar-refractivity contribution in [1.82, 2.24) is 0 Å². The molecule has 1 rings (SSSR count). The predicted molar refractivity (Wildman–Crippen MR) is 39.9 cm³/mol. The van der Waals surface area contributed by atoms with Crippen LogP contribution in [0.25, 0.3) is 0 Å². The molecule has 1 saturated heterocycles. The highest BCUT2D eigenvalue weighted by Crippen LogP contribution is 2.17. The van der Waals surface area contributed by atoms with Crippen molar-refractivity contribution in [3.8, 4) is 0 Å². The van der Waals surface area contributed by atoms with Gasteiger partial charge in [-0.1, -0.05) is 13.8 Å². The Balaban J connectivity index is 0.000000461. The van der Waals surface area contributed by atoms with Crippen LogP contribution in [0.2, 0.25) is 0 Å². The summed E-state index contributed by atoms with van der Waals surface area (Å²) in [5.74, 6) is 0. The molecule has 1 fully saturated rings. The molecule has 0 aromatic carbocycles. The first-order valence-electron chi connectivity index (χ1n) is 3.86. The maximum absolute atomic E-state index is 8.91. The lowest BCUT2D eigenvalue weighted by Gasteiger charge is -2.08. The van der Waals surface area contributed by atoms with Crippen molar-refractivity contribution in [3.05, 3.63) is 0 Å². The molecule has 1 aliphatic heterocycles. The maximum Gasteiger partial charge on any atom is 0.157 e. The zero-order valence-electron chi connectivity index (χ0n) is 6.90. The molecule has 1 aliphatic rings. The summed E-state index contributed by atoms with van der Waals surface area (Å²) in [6.45, 7) is 3.76. The van der Waals surface area contributed by atoms with Crippen LogP contribution in [0.15, 0.2) is 0 Å². The first-order chi connectivity index (χ1) is 5.24. The molecule has 4 heteroatoms. The highest BCUT2D eigenvalue weighted by atomic mass is 16.6. The van der Waals surface area contributed by atoms with Crippen molar-refractivity contribution in [2.75, 3.05) is 6.61 Å². The Kier molecular flexibility index (Phi) is 5.41. The first kappa shape index (κ1) is 10.8. The molecule has 68 valence electrons. The summed E-state index contributed by atoms with van der Waals surface area (Å²) in [5.41, 5.74) is 0. The van der Waals surface area contributed by atoms with Crippen molar-refractivity contribution in [2.24, 2.45) is 0 Å². The van der Waals surface area contributed by atoms with E-state index in [0.29, 0.717) is 0 Å². The molecule has 0 amide bonds. The zero-order valence-corrected chi connectivity index (χ0v) is 6.90. The van der Waals surface area contributed by atoms with Gasteiger partial charge in [0.25, 0.3) is 0 Å².